The SMILES string of the molecule is COc1ccccc1C1C=CC=C1P(c1ccccc1)c1ccccc1. The van der Waals surface area contributed by atoms with E-state index in [2.05, 4.69) is 91.0 Å². The highest BCUT2D eigenvalue weighted by Gasteiger charge is 2.28. The van der Waals surface area contributed by atoms with Crippen LogP contribution in [0, 0.1) is 0 Å². The van der Waals surface area contributed by atoms with Crippen molar-refractivity contribution >= 4 is 18.5 Å². The van der Waals surface area contributed by atoms with Crippen molar-refractivity contribution in [3.05, 3.63) is 114 Å². The maximum absolute atomic E-state index is 5.64. The van der Waals surface area contributed by atoms with E-state index in [1.807, 2.05) is 12.1 Å². The second kappa shape index (κ2) is 7.72. The molecule has 0 bridgehead atoms. The Balaban J connectivity index is 1.81. The largest absolute Gasteiger partial charge is 0.496 e. The van der Waals surface area contributed by atoms with Crippen LogP contribution in [0.15, 0.2) is 108 Å². The van der Waals surface area contributed by atoms with Crippen molar-refractivity contribution in [1.29, 1.82) is 0 Å². The number of hydrogen-bond donors (Lipinski definition) is 0. The van der Waals surface area contributed by atoms with Crippen LogP contribution in [-0.4, -0.2) is 7.11 Å². The molecule has 128 valence electrons. The van der Waals surface area contributed by atoms with Crippen LogP contribution in [0.25, 0.3) is 0 Å². The first-order valence-corrected chi connectivity index (χ1v) is 10.1. The van der Waals surface area contributed by atoms with E-state index < -0.39 is 7.92 Å². The average molecular weight is 356 g/mol. The van der Waals surface area contributed by atoms with E-state index in [0.717, 1.165) is 5.75 Å². The summed E-state index contributed by atoms with van der Waals surface area (Å²) in [5.41, 5.74) is 1.23. The fourth-order valence-corrected chi connectivity index (χ4v) is 6.04. The molecule has 0 heterocycles. The Morgan fingerprint density at radius 1 is 0.731 bits per heavy atom. The smallest absolute Gasteiger partial charge is 0.122 e. The predicted octanol–water partition coefficient (Wildman–Crippen LogP) is 5.37. The molecule has 0 N–H and O–H groups in total. The first kappa shape index (κ1) is 16.8. The van der Waals surface area contributed by atoms with Crippen molar-refractivity contribution in [2.24, 2.45) is 0 Å². The Morgan fingerprint density at radius 2 is 1.31 bits per heavy atom. The Bertz CT molecular complexity index is 889. The lowest BCUT2D eigenvalue weighted by atomic mass is 9.99. The summed E-state index contributed by atoms with van der Waals surface area (Å²) in [6, 6.07) is 30.0. The third kappa shape index (κ3) is 3.23. The van der Waals surface area contributed by atoms with Crippen LogP contribution in [-0.2, 0) is 0 Å². The van der Waals surface area contributed by atoms with Crippen molar-refractivity contribution in [2.45, 2.75) is 5.92 Å². The molecular weight excluding hydrogens is 335 g/mol. The quantitative estimate of drug-likeness (QED) is 0.559. The highest BCUT2D eigenvalue weighted by Crippen LogP contribution is 2.53. The molecule has 0 radical (unpaired) electrons. The van der Waals surface area contributed by atoms with E-state index in [1.54, 1.807) is 7.11 Å². The molecule has 3 aromatic carbocycles. The molecule has 26 heavy (non-hydrogen) atoms. The van der Waals surface area contributed by atoms with E-state index in [9.17, 15) is 0 Å². The molecule has 0 fully saturated rings. The second-order valence-corrected chi connectivity index (χ2v) is 8.42. The summed E-state index contributed by atoms with van der Waals surface area (Å²) in [4.78, 5) is 0. The molecule has 1 aliphatic carbocycles. The normalized spacial score (nSPS) is 15.9. The zero-order valence-electron chi connectivity index (χ0n) is 14.7. The number of hydrogen-bond acceptors (Lipinski definition) is 1. The molecule has 4 rings (SSSR count). The van der Waals surface area contributed by atoms with Crippen LogP contribution >= 0.6 is 7.92 Å². The Kier molecular flexibility index (Phi) is 5.00. The van der Waals surface area contributed by atoms with Crippen molar-refractivity contribution in [3.63, 3.8) is 0 Å². The first-order valence-electron chi connectivity index (χ1n) is 8.80. The van der Waals surface area contributed by atoms with Gasteiger partial charge in [0.15, 0.2) is 0 Å². The van der Waals surface area contributed by atoms with Crippen molar-refractivity contribution < 1.29 is 4.74 Å². The minimum Gasteiger partial charge on any atom is -0.496 e. The summed E-state index contributed by atoms with van der Waals surface area (Å²) in [5, 5.41) is 4.20. The number of benzene rings is 3. The summed E-state index contributed by atoms with van der Waals surface area (Å²) >= 11 is 0. The van der Waals surface area contributed by atoms with Crippen molar-refractivity contribution in [2.75, 3.05) is 7.11 Å². The maximum atomic E-state index is 5.64. The van der Waals surface area contributed by atoms with Gasteiger partial charge in [0.25, 0.3) is 0 Å². The third-order valence-electron chi connectivity index (χ3n) is 4.65. The molecule has 0 amide bonds. The molecular formula is C24H21OP. The highest BCUT2D eigenvalue weighted by molar-refractivity contribution is 7.76. The predicted molar refractivity (Wildman–Crippen MR) is 112 cm³/mol. The zero-order chi connectivity index (χ0) is 17.8. The van der Waals surface area contributed by atoms with Gasteiger partial charge in [-0.3, -0.25) is 0 Å². The van der Waals surface area contributed by atoms with E-state index in [0.29, 0.717) is 0 Å². The van der Waals surface area contributed by atoms with Gasteiger partial charge in [0.05, 0.1) is 7.11 Å². The van der Waals surface area contributed by atoms with Crippen LogP contribution in [0.3, 0.4) is 0 Å². The zero-order valence-corrected chi connectivity index (χ0v) is 15.6. The molecule has 0 saturated heterocycles. The van der Waals surface area contributed by atoms with Gasteiger partial charge >= 0.3 is 0 Å². The van der Waals surface area contributed by atoms with Gasteiger partial charge in [-0.25, -0.2) is 0 Å². The number of para-hydroxylation sites is 1. The lowest BCUT2D eigenvalue weighted by Crippen LogP contribution is -2.15. The van der Waals surface area contributed by atoms with Crippen LogP contribution in [0.4, 0.5) is 0 Å². The van der Waals surface area contributed by atoms with E-state index >= 15 is 0 Å². The summed E-state index contributed by atoms with van der Waals surface area (Å²) in [6.07, 6.45) is 6.77. The summed E-state index contributed by atoms with van der Waals surface area (Å²) in [7, 11) is 1.16. The molecule has 3 aromatic rings. The molecule has 1 atom stereocenters. The molecule has 0 aromatic heterocycles. The fourth-order valence-electron chi connectivity index (χ4n) is 3.47. The van der Waals surface area contributed by atoms with Gasteiger partial charge in [-0.05, 0) is 29.9 Å². The Hall–Kier alpha value is -2.63. The number of methoxy groups -OCH3 is 1. The van der Waals surface area contributed by atoms with Crippen molar-refractivity contribution in [1.82, 2.24) is 0 Å². The standard InChI is InChI=1S/C24H21OP/c1-25-23-17-9-8-15-21(23)22-16-10-18-24(22)26(19-11-4-2-5-12-19)20-13-6-3-7-14-20/h2-18,22H,1H3. The van der Waals surface area contributed by atoms with Gasteiger partial charge in [-0.2, -0.15) is 0 Å². The van der Waals surface area contributed by atoms with Crippen molar-refractivity contribution in [3.8, 4) is 5.75 Å². The van der Waals surface area contributed by atoms with Crippen LogP contribution in [0.5, 0.6) is 5.75 Å². The number of allylic oxidation sites excluding steroid dienone is 4. The molecule has 0 aliphatic heterocycles. The monoisotopic (exact) mass is 356 g/mol. The molecule has 2 heteroatoms. The third-order valence-corrected chi connectivity index (χ3v) is 7.22. The van der Waals surface area contributed by atoms with Gasteiger partial charge < -0.3 is 4.74 Å². The Labute approximate surface area is 156 Å². The molecule has 1 unspecified atom stereocenters. The van der Waals surface area contributed by atoms with Gasteiger partial charge in [-0.1, -0.05) is 97.1 Å². The number of ether oxygens (including phenoxy) is 1. The highest BCUT2D eigenvalue weighted by atomic mass is 31.1. The summed E-state index contributed by atoms with van der Waals surface area (Å²) in [6.45, 7) is 0. The van der Waals surface area contributed by atoms with Crippen LogP contribution < -0.4 is 15.3 Å². The van der Waals surface area contributed by atoms with E-state index in [-0.39, 0.29) is 5.92 Å². The lowest BCUT2D eigenvalue weighted by molar-refractivity contribution is 0.409. The average Bonchev–Trinajstić information content (AvgIpc) is 3.19. The lowest BCUT2D eigenvalue weighted by Gasteiger charge is -2.26. The summed E-state index contributed by atoms with van der Waals surface area (Å²) < 4.78 is 5.64. The molecule has 1 nitrogen and oxygen atoms in total. The minimum absolute atomic E-state index is 0.248. The van der Waals surface area contributed by atoms with E-state index in [1.165, 1.54) is 21.5 Å². The van der Waals surface area contributed by atoms with Gasteiger partial charge in [0.1, 0.15) is 5.75 Å². The molecule has 0 spiro atoms. The second-order valence-electron chi connectivity index (χ2n) is 6.20. The minimum atomic E-state index is -0.589. The topological polar surface area (TPSA) is 9.23 Å². The van der Waals surface area contributed by atoms with Crippen LogP contribution in [0.1, 0.15) is 11.5 Å². The molecule has 1 aliphatic rings. The molecule has 0 saturated carbocycles. The number of rotatable bonds is 5. The maximum Gasteiger partial charge on any atom is 0.122 e. The fraction of sp³-hybridized carbons (Fsp3) is 0.0833. The van der Waals surface area contributed by atoms with Gasteiger partial charge in [0, 0.05) is 11.5 Å². The van der Waals surface area contributed by atoms with E-state index in [4.69, 9.17) is 4.74 Å². The van der Waals surface area contributed by atoms with Crippen LogP contribution in [0.2, 0.25) is 0 Å². The Morgan fingerprint density at radius 3 is 1.92 bits per heavy atom. The van der Waals surface area contributed by atoms with Gasteiger partial charge in [0.2, 0.25) is 0 Å². The van der Waals surface area contributed by atoms with Gasteiger partial charge in [-0.15, -0.1) is 0 Å². The first-order chi connectivity index (χ1) is 12.9. The summed E-state index contributed by atoms with van der Waals surface area (Å²) in [5.74, 6) is 1.20.